The van der Waals surface area contributed by atoms with Crippen LogP contribution >= 0.6 is 7.60 Å². The van der Waals surface area contributed by atoms with Gasteiger partial charge in [-0.15, -0.1) is 0 Å². The minimum Gasteiger partial charge on any atom is -0.450 e. The van der Waals surface area contributed by atoms with Gasteiger partial charge in [-0.25, -0.2) is 9.36 Å². The molecule has 7 heteroatoms. The van der Waals surface area contributed by atoms with Crippen molar-refractivity contribution in [2.45, 2.75) is 0 Å². The fourth-order valence-corrected chi connectivity index (χ4v) is 2.36. The molecule has 0 saturated carbocycles. The normalized spacial score (nSPS) is 12.4. The van der Waals surface area contributed by atoms with E-state index in [-0.39, 0.29) is 0 Å². The summed E-state index contributed by atoms with van der Waals surface area (Å²) in [5.41, 5.74) is 0. The monoisotopic (exact) mass is 296 g/mol. The van der Waals surface area contributed by atoms with E-state index >= 15 is 0 Å². The van der Waals surface area contributed by atoms with Crippen molar-refractivity contribution in [3.63, 3.8) is 0 Å². The van der Waals surface area contributed by atoms with Crippen LogP contribution in [0.3, 0.4) is 0 Å². The van der Waals surface area contributed by atoms with Gasteiger partial charge in [0.05, 0.1) is 5.30 Å². The van der Waals surface area contributed by atoms with Crippen molar-refractivity contribution < 1.29 is 29.0 Å². The fourth-order valence-electron chi connectivity index (χ4n) is 1.29. The molecule has 6 nitrogen and oxygen atoms in total. The van der Waals surface area contributed by atoms with Gasteiger partial charge < -0.3 is 19.6 Å². The number of carbonyl (C=O) groups is 1. The number of benzene rings is 2. The maximum Gasteiger partial charge on any atom is 0.503 e. The maximum atomic E-state index is 11.9. The average Bonchev–Trinajstić information content (AvgIpc) is 2.40. The summed E-state index contributed by atoms with van der Waals surface area (Å²) >= 11 is 0. The number of rotatable bonds is 3. The molecule has 0 aromatic heterocycles. The van der Waals surface area contributed by atoms with E-state index in [0.717, 1.165) is 0 Å². The molecule has 0 aliphatic heterocycles. The number of carboxylic acid groups (broad SMARTS) is 2. The van der Waals surface area contributed by atoms with Gasteiger partial charge >= 0.3 is 13.8 Å². The van der Waals surface area contributed by atoms with Crippen LogP contribution in [0.1, 0.15) is 0 Å². The fraction of sp³-hybridized carbons (Fsp3) is 0. The Kier molecular flexibility index (Phi) is 5.77. The van der Waals surface area contributed by atoms with Crippen LogP contribution in [0.4, 0.5) is 4.79 Å². The first-order chi connectivity index (χ1) is 9.42. The minimum atomic E-state index is -3.77. The van der Waals surface area contributed by atoms with Crippen LogP contribution in [0.5, 0.6) is 5.75 Å². The molecule has 0 saturated heterocycles. The van der Waals surface area contributed by atoms with Crippen LogP contribution in [-0.4, -0.2) is 21.3 Å². The summed E-state index contributed by atoms with van der Waals surface area (Å²) in [6.45, 7) is 0. The topological polar surface area (TPSA) is 104 Å². The van der Waals surface area contributed by atoms with Crippen molar-refractivity contribution in [3.8, 4) is 5.75 Å². The Morgan fingerprint density at radius 3 is 1.75 bits per heavy atom. The predicted octanol–water partition coefficient (Wildman–Crippen LogP) is 2.80. The number of hydrogen-bond donors (Lipinski definition) is 3. The van der Waals surface area contributed by atoms with E-state index < -0.39 is 13.8 Å². The van der Waals surface area contributed by atoms with Crippen molar-refractivity contribution in [2.75, 3.05) is 0 Å². The van der Waals surface area contributed by atoms with Gasteiger partial charge in [-0.2, -0.15) is 0 Å². The van der Waals surface area contributed by atoms with Gasteiger partial charge in [0.25, 0.3) is 0 Å². The summed E-state index contributed by atoms with van der Waals surface area (Å²) in [6, 6.07) is 16.9. The second kappa shape index (κ2) is 7.33. The summed E-state index contributed by atoms with van der Waals surface area (Å²) in [5.74, 6) is 0.386. The van der Waals surface area contributed by atoms with Crippen LogP contribution in [0.15, 0.2) is 60.7 Å². The molecule has 1 atom stereocenters. The zero-order chi connectivity index (χ0) is 15.0. The van der Waals surface area contributed by atoms with E-state index in [2.05, 4.69) is 0 Å². The Hall–Kier alpha value is -2.30. The Morgan fingerprint density at radius 1 is 0.900 bits per heavy atom. The van der Waals surface area contributed by atoms with Gasteiger partial charge in [-0.05, 0) is 24.3 Å². The molecule has 0 radical (unpaired) electrons. The second-order valence-electron chi connectivity index (χ2n) is 3.54. The average molecular weight is 296 g/mol. The van der Waals surface area contributed by atoms with E-state index in [1.807, 2.05) is 6.07 Å². The second-order valence-corrected chi connectivity index (χ2v) is 5.28. The van der Waals surface area contributed by atoms with Gasteiger partial charge in [0, 0.05) is 0 Å². The predicted molar refractivity (Wildman–Crippen MR) is 73.6 cm³/mol. The lowest BCUT2D eigenvalue weighted by Gasteiger charge is -2.12. The largest absolute Gasteiger partial charge is 0.503 e. The molecule has 0 aliphatic rings. The van der Waals surface area contributed by atoms with E-state index in [1.165, 1.54) is 0 Å². The Labute approximate surface area is 115 Å². The highest BCUT2D eigenvalue weighted by molar-refractivity contribution is 7.61. The summed E-state index contributed by atoms with van der Waals surface area (Å²) < 4.78 is 17.0. The third kappa shape index (κ3) is 5.56. The summed E-state index contributed by atoms with van der Waals surface area (Å²) in [4.78, 5) is 18.3. The highest BCUT2D eigenvalue weighted by Crippen LogP contribution is 2.41. The summed E-state index contributed by atoms with van der Waals surface area (Å²) in [6.07, 6.45) is -1.83. The summed E-state index contributed by atoms with van der Waals surface area (Å²) in [7, 11) is -3.77. The molecule has 2 aromatic rings. The number of hydrogen-bond acceptors (Lipinski definition) is 3. The highest BCUT2D eigenvalue weighted by atomic mass is 31.2. The molecule has 20 heavy (non-hydrogen) atoms. The van der Waals surface area contributed by atoms with E-state index in [1.54, 1.807) is 54.6 Å². The van der Waals surface area contributed by atoms with E-state index in [9.17, 15) is 9.46 Å². The van der Waals surface area contributed by atoms with Crippen LogP contribution in [0, 0.1) is 0 Å². The quantitative estimate of drug-likeness (QED) is 0.752. The van der Waals surface area contributed by atoms with Crippen molar-refractivity contribution in [1.82, 2.24) is 0 Å². The smallest absolute Gasteiger partial charge is 0.450 e. The molecular formula is C13H13O6P. The van der Waals surface area contributed by atoms with Crippen molar-refractivity contribution in [2.24, 2.45) is 0 Å². The maximum absolute atomic E-state index is 11.9. The van der Waals surface area contributed by atoms with Gasteiger partial charge in [0.2, 0.25) is 0 Å². The molecule has 3 N–H and O–H groups in total. The molecule has 0 bridgehead atoms. The van der Waals surface area contributed by atoms with Gasteiger partial charge in [0.15, 0.2) is 0 Å². The van der Waals surface area contributed by atoms with Crippen LogP contribution in [-0.2, 0) is 4.57 Å². The molecule has 2 aromatic carbocycles. The molecular weight excluding hydrogens is 283 g/mol. The van der Waals surface area contributed by atoms with Crippen LogP contribution in [0.25, 0.3) is 0 Å². The standard InChI is InChI=1S/C12H11O3P.CH2O3/c13-16(14,12-9-5-2-6-10-12)15-11-7-3-1-4-8-11;2-1(3)4/h1-10H,(H,13,14);(H2,2,3,4). The molecule has 1 unspecified atom stereocenters. The molecule has 0 aliphatic carbocycles. The van der Waals surface area contributed by atoms with Crippen molar-refractivity contribution in [3.05, 3.63) is 60.7 Å². The zero-order valence-corrected chi connectivity index (χ0v) is 11.2. The van der Waals surface area contributed by atoms with Crippen molar-refractivity contribution in [1.29, 1.82) is 0 Å². The van der Waals surface area contributed by atoms with E-state index in [0.29, 0.717) is 11.1 Å². The van der Waals surface area contributed by atoms with Gasteiger partial charge in [-0.1, -0.05) is 36.4 Å². The van der Waals surface area contributed by atoms with Gasteiger partial charge in [0.1, 0.15) is 5.75 Å². The molecule has 2 rings (SSSR count). The van der Waals surface area contributed by atoms with Crippen LogP contribution in [0.2, 0.25) is 0 Å². The Bertz CT molecular complexity index is 580. The lowest BCUT2D eigenvalue weighted by molar-refractivity contribution is 0.137. The molecule has 0 heterocycles. The third-order valence-corrected chi connectivity index (χ3v) is 3.46. The highest BCUT2D eigenvalue weighted by Gasteiger charge is 2.23. The first-order valence-corrected chi connectivity index (χ1v) is 7.04. The third-order valence-electron chi connectivity index (χ3n) is 2.05. The van der Waals surface area contributed by atoms with E-state index in [4.69, 9.17) is 19.5 Å². The van der Waals surface area contributed by atoms with Gasteiger partial charge in [-0.3, -0.25) is 0 Å². The zero-order valence-electron chi connectivity index (χ0n) is 10.3. The SMILES string of the molecule is O=C(O)O.O=P(O)(Oc1ccccc1)c1ccccc1. The Morgan fingerprint density at radius 2 is 1.30 bits per heavy atom. The first-order valence-electron chi connectivity index (χ1n) is 5.47. The molecule has 0 spiro atoms. The lowest BCUT2D eigenvalue weighted by Crippen LogP contribution is -2.08. The van der Waals surface area contributed by atoms with Crippen molar-refractivity contribution >= 4 is 19.1 Å². The lowest BCUT2D eigenvalue weighted by atomic mass is 10.3. The Balaban J connectivity index is 0.000000444. The number of para-hydroxylation sites is 1. The minimum absolute atomic E-state index is 0.291. The molecule has 0 amide bonds. The van der Waals surface area contributed by atoms with Crippen LogP contribution < -0.4 is 9.83 Å². The molecule has 106 valence electrons. The summed E-state index contributed by atoms with van der Waals surface area (Å²) in [5, 5.41) is 14.2. The first kappa shape index (κ1) is 15.8. The molecule has 0 fully saturated rings.